The zero-order valence-corrected chi connectivity index (χ0v) is 19.0. The highest BCUT2D eigenvalue weighted by molar-refractivity contribution is 9.10. The monoisotopic (exact) mass is 475 g/mol. The first-order chi connectivity index (χ1) is 14.2. The van der Waals surface area contributed by atoms with E-state index in [2.05, 4.69) is 26.2 Å². The summed E-state index contributed by atoms with van der Waals surface area (Å²) in [5, 5.41) is 3.70. The number of halogens is 1. The minimum atomic E-state index is -0.495. The molecule has 2 heterocycles. The molecule has 0 radical (unpaired) electrons. The summed E-state index contributed by atoms with van der Waals surface area (Å²) in [6.07, 6.45) is 3.36. The number of aromatic nitrogens is 2. The van der Waals surface area contributed by atoms with Crippen molar-refractivity contribution < 1.29 is 13.9 Å². The highest BCUT2D eigenvalue weighted by atomic mass is 79.9. The number of furan rings is 1. The highest BCUT2D eigenvalue weighted by Gasteiger charge is 2.26. The Morgan fingerprint density at radius 3 is 2.73 bits per heavy atom. The van der Waals surface area contributed by atoms with Crippen LogP contribution in [0.1, 0.15) is 58.2 Å². The first-order valence-electron chi connectivity index (χ1n) is 10.3. The standard InChI is InChI=1S/C22H26BrN3O4/c1-22(2,3)30-21(28)24-11-12-4-6-13(7-5-12)19-25-17-15-10-14(23)8-9-16(15)29-18(17)20(27)26-19/h8-10,12-13H,4-7,11H2,1-3H3,(H,24,28)(H,25,26,27). The van der Waals surface area contributed by atoms with Crippen LogP contribution < -0.4 is 10.9 Å². The number of carbonyl (C=O) groups excluding carboxylic acids is 1. The summed E-state index contributed by atoms with van der Waals surface area (Å²) in [5.74, 6) is 1.31. The summed E-state index contributed by atoms with van der Waals surface area (Å²) in [7, 11) is 0. The van der Waals surface area contributed by atoms with Crippen LogP contribution in [0.25, 0.3) is 22.1 Å². The van der Waals surface area contributed by atoms with Gasteiger partial charge >= 0.3 is 6.09 Å². The maximum Gasteiger partial charge on any atom is 0.407 e. The quantitative estimate of drug-likeness (QED) is 0.540. The van der Waals surface area contributed by atoms with Gasteiger partial charge in [-0.15, -0.1) is 0 Å². The maximum absolute atomic E-state index is 12.6. The van der Waals surface area contributed by atoms with Gasteiger partial charge in [-0.25, -0.2) is 9.78 Å². The predicted molar refractivity (Wildman–Crippen MR) is 119 cm³/mol. The Bertz CT molecular complexity index is 1140. The minimum Gasteiger partial charge on any atom is -0.449 e. The zero-order valence-electron chi connectivity index (χ0n) is 17.4. The van der Waals surface area contributed by atoms with E-state index in [1.165, 1.54) is 0 Å². The molecule has 0 aliphatic heterocycles. The highest BCUT2D eigenvalue weighted by Crippen LogP contribution is 2.35. The van der Waals surface area contributed by atoms with E-state index in [-0.39, 0.29) is 23.2 Å². The van der Waals surface area contributed by atoms with Crippen molar-refractivity contribution in [2.24, 2.45) is 5.92 Å². The predicted octanol–water partition coefficient (Wildman–Crippen LogP) is 5.23. The van der Waals surface area contributed by atoms with Gasteiger partial charge in [0.05, 0.1) is 0 Å². The molecule has 30 heavy (non-hydrogen) atoms. The van der Waals surface area contributed by atoms with Crippen LogP contribution in [0, 0.1) is 5.92 Å². The number of rotatable bonds is 3. The van der Waals surface area contributed by atoms with Crippen LogP contribution >= 0.6 is 15.9 Å². The SMILES string of the molecule is CC(C)(C)OC(=O)NCC1CCC(c2nc3c(oc4ccc(Br)cc43)c(=O)[nH]2)CC1. The molecule has 2 aromatic heterocycles. The molecule has 1 fully saturated rings. The number of ether oxygens (including phenoxy) is 1. The van der Waals surface area contributed by atoms with Crippen molar-refractivity contribution in [1.29, 1.82) is 0 Å². The molecule has 0 atom stereocenters. The number of aromatic amines is 1. The molecule has 0 spiro atoms. The van der Waals surface area contributed by atoms with Crippen LogP contribution in [0.3, 0.4) is 0 Å². The smallest absolute Gasteiger partial charge is 0.407 e. The second kappa shape index (κ2) is 8.06. The van der Waals surface area contributed by atoms with Crippen LogP contribution in [0.2, 0.25) is 0 Å². The van der Waals surface area contributed by atoms with Crippen LogP contribution in [-0.2, 0) is 4.74 Å². The number of carbonyl (C=O) groups is 1. The first-order valence-corrected chi connectivity index (χ1v) is 11.1. The largest absolute Gasteiger partial charge is 0.449 e. The first kappa shape index (κ1) is 20.9. The number of benzene rings is 1. The van der Waals surface area contributed by atoms with Crippen molar-refractivity contribution in [2.45, 2.75) is 58.0 Å². The van der Waals surface area contributed by atoms with E-state index in [0.717, 1.165) is 35.5 Å². The van der Waals surface area contributed by atoms with Crippen LogP contribution in [0.15, 0.2) is 31.9 Å². The normalized spacial score (nSPS) is 19.9. The molecule has 8 heteroatoms. The fourth-order valence-corrected chi connectivity index (χ4v) is 4.38. The fraction of sp³-hybridized carbons (Fsp3) is 0.500. The number of amides is 1. The second-order valence-electron chi connectivity index (χ2n) is 8.97. The summed E-state index contributed by atoms with van der Waals surface area (Å²) < 4.78 is 11.9. The molecule has 4 rings (SSSR count). The van der Waals surface area contributed by atoms with Crippen molar-refractivity contribution in [2.75, 3.05) is 6.54 Å². The van der Waals surface area contributed by atoms with Gasteiger partial charge in [0.2, 0.25) is 5.58 Å². The van der Waals surface area contributed by atoms with Crippen molar-refractivity contribution in [3.8, 4) is 0 Å². The zero-order chi connectivity index (χ0) is 21.5. The Balaban J connectivity index is 1.44. The Labute approximate surface area is 182 Å². The molecular weight excluding hydrogens is 450 g/mol. The van der Waals surface area contributed by atoms with E-state index in [1.807, 2.05) is 39.0 Å². The summed E-state index contributed by atoms with van der Waals surface area (Å²) in [6, 6.07) is 5.64. The molecular formula is C22H26BrN3O4. The van der Waals surface area contributed by atoms with Gasteiger partial charge in [0.1, 0.15) is 22.5 Å². The number of nitrogens with zero attached hydrogens (tertiary/aromatic N) is 1. The summed E-state index contributed by atoms with van der Waals surface area (Å²) >= 11 is 3.47. The van der Waals surface area contributed by atoms with E-state index in [4.69, 9.17) is 14.1 Å². The Morgan fingerprint density at radius 2 is 2.03 bits per heavy atom. The average Bonchev–Trinajstić information content (AvgIpc) is 3.04. The Hall–Kier alpha value is -2.35. The third-order valence-corrected chi connectivity index (χ3v) is 5.96. The average molecular weight is 476 g/mol. The number of H-pyrrole nitrogens is 1. The minimum absolute atomic E-state index is 0.192. The Kier molecular flexibility index (Phi) is 5.61. The number of hydrogen-bond acceptors (Lipinski definition) is 5. The number of alkyl carbamates (subject to hydrolysis) is 1. The molecule has 0 bridgehead atoms. The molecule has 1 amide bonds. The van der Waals surface area contributed by atoms with Gasteiger partial charge in [-0.2, -0.15) is 0 Å². The van der Waals surface area contributed by atoms with Crippen molar-refractivity contribution in [3.05, 3.63) is 38.9 Å². The van der Waals surface area contributed by atoms with E-state index < -0.39 is 5.60 Å². The lowest BCUT2D eigenvalue weighted by atomic mass is 9.81. The van der Waals surface area contributed by atoms with Crippen molar-refractivity contribution in [1.82, 2.24) is 15.3 Å². The van der Waals surface area contributed by atoms with Crippen LogP contribution in [-0.4, -0.2) is 28.2 Å². The molecule has 3 aromatic rings. The molecule has 1 aliphatic carbocycles. The van der Waals surface area contributed by atoms with Gasteiger partial charge in [0, 0.05) is 22.3 Å². The summed E-state index contributed by atoms with van der Waals surface area (Å²) in [4.78, 5) is 32.1. The van der Waals surface area contributed by atoms with E-state index in [0.29, 0.717) is 29.4 Å². The third-order valence-electron chi connectivity index (χ3n) is 5.47. The summed E-state index contributed by atoms with van der Waals surface area (Å²) in [6.45, 7) is 6.16. The molecule has 1 aromatic carbocycles. The van der Waals surface area contributed by atoms with E-state index >= 15 is 0 Å². The van der Waals surface area contributed by atoms with E-state index in [9.17, 15) is 9.59 Å². The van der Waals surface area contributed by atoms with Crippen LogP contribution in [0.4, 0.5) is 4.79 Å². The van der Waals surface area contributed by atoms with Crippen LogP contribution in [0.5, 0.6) is 0 Å². The number of nitrogens with one attached hydrogen (secondary N) is 2. The fourth-order valence-electron chi connectivity index (χ4n) is 4.02. The van der Waals surface area contributed by atoms with Gasteiger partial charge in [0.25, 0.3) is 5.56 Å². The second-order valence-corrected chi connectivity index (χ2v) is 9.89. The summed E-state index contributed by atoms with van der Waals surface area (Å²) in [5.41, 5.74) is 0.794. The van der Waals surface area contributed by atoms with Gasteiger partial charge < -0.3 is 19.5 Å². The molecule has 160 valence electrons. The maximum atomic E-state index is 12.6. The molecule has 2 N–H and O–H groups in total. The Morgan fingerprint density at radius 1 is 1.30 bits per heavy atom. The molecule has 0 saturated heterocycles. The van der Waals surface area contributed by atoms with E-state index in [1.54, 1.807) is 0 Å². The van der Waals surface area contributed by atoms with Gasteiger partial charge in [-0.3, -0.25) is 4.79 Å². The molecule has 7 nitrogen and oxygen atoms in total. The number of hydrogen-bond donors (Lipinski definition) is 2. The third kappa shape index (κ3) is 4.53. The topological polar surface area (TPSA) is 97.2 Å². The lowest BCUT2D eigenvalue weighted by Crippen LogP contribution is -2.36. The van der Waals surface area contributed by atoms with Crippen molar-refractivity contribution >= 4 is 44.1 Å². The molecule has 1 saturated carbocycles. The lowest BCUT2D eigenvalue weighted by molar-refractivity contribution is 0.0514. The lowest BCUT2D eigenvalue weighted by Gasteiger charge is -2.28. The number of fused-ring (bicyclic) bond motifs is 3. The molecule has 1 aliphatic rings. The van der Waals surface area contributed by atoms with Gasteiger partial charge in [-0.05, 0) is 70.6 Å². The van der Waals surface area contributed by atoms with Gasteiger partial charge in [0.15, 0.2) is 0 Å². The van der Waals surface area contributed by atoms with Crippen molar-refractivity contribution in [3.63, 3.8) is 0 Å². The molecule has 0 unspecified atom stereocenters. The van der Waals surface area contributed by atoms with Gasteiger partial charge in [-0.1, -0.05) is 15.9 Å².